The SMILES string of the molecule is C=C(c1ccccc1C(F)(F)F)N(/C=C(\C)c1n[nH]c(=O)o1)c1ccc(-c2cccc(S(C)(=O)=O)c2)cc1. The summed E-state index contributed by atoms with van der Waals surface area (Å²) in [6.45, 7) is 5.52. The summed E-state index contributed by atoms with van der Waals surface area (Å²) in [6, 6.07) is 18.2. The van der Waals surface area contributed by atoms with E-state index in [1.54, 1.807) is 49.4 Å². The van der Waals surface area contributed by atoms with Crippen LogP contribution in [0.25, 0.3) is 22.4 Å². The molecule has 4 aromatic rings. The Morgan fingerprint density at radius 3 is 2.32 bits per heavy atom. The summed E-state index contributed by atoms with van der Waals surface area (Å²) < 4.78 is 70.2. The molecule has 0 radical (unpaired) electrons. The van der Waals surface area contributed by atoms with Crippen LogP contribution in [0.5, 0.6) is 0 Å². The van der Waals surface area contributed by atoms with Crippen molar-refractivity contribution in [3.05, 3.63) is 113 Å². The van der Waals surface area contributed by atoms with E-state index < -0.39 is 27.3 Å². The number of nitrogens with zero attached hydrogens (tertiary/aromatic N) is 2. The van der Waals surface area contributed by atoms with E-state index >= 15 is 0 Å². The number of H-pyrrole nitrogens is 1. The zero-order valence-electron chi connectivity index (χ0n) is 20.3. The highest BCUT2D eigenvalue weighted by Crippen LogP contribution is 2.37. The summed E-state index contributed by atoms with van der Waals surface area (Å²) in [7, 11) is -3.41. The van der Waals surface area contributed by atoms with Gasteiger partial charge in [0.1, 0.15) is 0 Å². The number of anilines is 1. The maximum absolute atomic E-state index is 13.8. The third-order valence-corrected chi connectivity index (χ3v) is 6.78. The second-order valence-corrected chi connectivity index (χ2v) is 10.5. The van der Waals surface area contributed by atoms with Crippen molar-refractivity contribution in [1.82, 2.24) is 10.2 Å². The minimum absolute atomic E-state index is 0.0157. The molecular formula is C27H22F3N3O4S. The van der Waals surface area contributed by atoms with Crippen molar-refractivity contribution >= 4 is 26.8 Å². The van der Waals surface area contributed by atoms with Crippen molar-refractivity contribution in [2.24, 2.45) is 0 Å². The molecule has 4 rings (SSSR count). The minimum atomic E-state index is -4.62. The van der Waals surface area contributed by atoms with Crippen molar-refractivity contribution in [3.63, 3.8) is 0 Å². The fourth-order valence-electron chi connectivity index (χ4n) is 3.79. The highest BCUT2D eigenvalue weighted by Gasteiger charge is 2.34. The Balaban J connectivity index is 1.80. The molecule has 0 aliphatic rings. The van der Waals surface area contributed by atoms with E-state index in [1.807, 2.05) is 0 Å². The average Bonchev–Trinajstić information content (AvgIpc) is 3.32. The fourth-order valence-corrected chi connectivity index (χ4v) is 4.46. The normalized spacial score (nSPS) is 12.4. The molecule has 196 valence electrons. The molecule has 0 unspecified atom stereocenters. The van der Waals surface area contributed by atoms with Crippen LogP contribution in [0.1, 0.15) is 23.9 Å². The number of alkyl halides is 3. The van der Waals surface area contributed by atoms with E-state index in [0.717, 1.165) is 12.3 Å². The fraction of sp³-hybridized carbons (Fsp3) is 0.111. The van der Waals surface area contributed by atoms with E-state index in [4.69, 9.17) is 4.42 Å². The monoisotopic (exact) mass is 541 g/mol. The van der Waals surface area contributed by atoms with Gasteiger partial charge in [-0.1, -0.05) is 49.0 Å². The van der Waals surface area contributed by atoms with E-state index in [2.05, 4.69) is 16.8 Å². The number of rotatable bonds is 7. The maximum atomic E-state index is 13.8. The first-order valence-electron chi connectivity index (χ1n) is 11.1. The van der Waals surface area contributed by atoms with Crippen molar-refractivity contribution in [1.29, 1.82) is 0 Å². The molecule has 0 aliphatic heterocycles. The summed E-state index contributed by atoms with van der Waals surface area (Å²) in [6.07, 6.45) is -2.03. The quantitative estimate of drug-likeness (QED) is 0.309. The Morgan fingerprint density at radius 1 is 1.03 bits per heavy atom. The molecule has 0 saturated heterocycles. The van der Waals surface area contributed by atoms with Crippen LogP contribution in [-0.2, 0) is 16.0 Å². The second-order valence-electron chi connectivity index (χ2n) is 8.44. The molecule has 11 heteroatoms. The van der Waals surface area contributed by atoms with Crippen LogP contribution < -0.4 is 10.7 Å². The number of hydrogen-bond acceptors (Lipinski definition) is 6. The van der Waals surface area contributed by atoms with Gasteiger partial charge in [-0.3, -0.25) is 0 Å². The molecule has 7 nitrogen and oxygen atoms in total. The number of benzene rings is 3. The minimum Gasteiger partial charge on any atom is -0.388 e. The molecule has 3 aromatic carbocycles. The lowest BCUT2D eigenvalue weighted by Crippen LogP contribution is -2.18. The lowest BCUT2D eigenvalue weighted by atomic mass is 10.0. The molecule has 1 N–H and O–H groups in total. The third-order valence-electron chi connectivity index (χ3n) is 5.67. The molecule has 1 aromatic heterocycles. The number of aromatic amines is 1. The lowest BCUT2D eigenvalue weighted by molar-refractivity contribution is -0.137. The van der Waals surface area contributed by atoms with Crippen LogP contribution in [-0.4, -0.2) is 24.9 Å². The molecule has 38 heavy (non-hydrogen) atoms. The standard InChI is InChI=1S/C27H22F3N3O4S/c1-17(25-31-32-26(34)37-25)16-33(18(2)23-9-4-5-10-24(23)27(28,29)30)21-13-11-19(12-14-21)20-7-6-8-22(15-20)38(3,35)36/h4-16H,2H2,1,3H3,(H,32,34)/b17-16+. The van der Waals surface area contributed by atoms with Crippen LogP contribution in [0.3, 0.4) is 0 Å². The molecular weight excluding hydrogens is 519 g/mol. The number of aromatic nitrogens is 2. The Morgan fingerprint density at radius 2 is 1.71 bits per heavy atom. The number of halogens is 3. The molecule has 0 atom stereocenters. The molecule has 0 amide bonds. The number of hydrogen-bond donors (Lipinski definition) is 1. The zero-order valence-corrected chi connectivity index (χ0v) is 21.1. The van der Waals surface area contributed by atoms with Gasteiger partial charge in [-0.05, 0) is 48.4 Å². The van der Waals surface area contributed by atoms with Gasteiger partial charge in [-0.25, -0.2) is 18.3 Å². The topological polar surface area (TPSA) is 96.3 Å². The molecule has 0 bridgehead atoms. The van der Waals surface area contributed by atoms with Gasteiger partial charge in [0.15, 0.2) is 9.84 Å². The molecule has 0 fully saturated rings. The second kappa shape index (κ2) is 10.2. The van der Waals surface area contributed by atoms with Crippen LogP contribution in [0, 0.1) is 0 Å². The van der Waals surface area contributed by atoms with E-state index in [1.165, 1.54) is 35.4 Å². The van der Waals surface area contributed by atoms with Crippen molar-refractivity contribution < 1.29 is 26.0 Å². The van der Waals surface area contributed by atoms with E-state index in [0.29, 0.717) is 22.4 Å². The lowest BCUT2D eigenvalue weighted by Gasteiger charge is -2.26. The van der Waals surface area contributed by atoms with E-state index in [-0.39, 0.29) is 22.0 Å². The average molecular weight is 542 g/mol. The largest absolute Gasteiger partial charge is 0.434 e. The third kappa shape index (κ3) is 5.78. The first-order chi connectivity index (χ1) is 17.8. The van der Waals surface area contributed by atoms with Gasteiger partial charge in [-0.2, -0.15) is 13.2 Å². The number of nitrogens with one attached hydrogen (secondary N) is 1. The summed E-state index contributed by atoms with van der Waals surface area (Å²) >= 11 is 0. The molecule has 0 saturated carbocycles. The number of allylic oxidation sites excluding steroid dienone is 1. The van der Waals surface area contributed by atoms with Gasteiger partial charge in [-0.15, -0.1) is 5.10 Å². The predicted octanol–water partition coefficient (Wildman–Crippen LogP) is 5.99. The van der Waals surface area contributed by atoms with Gasteiger partial charge >= 0.3 is 11.9 Å². The Hall–Kier alpha value is -4.38. The van der Waals surface area contributed by atoms with Crippen LogP contribution in [0.2, 0.25) is 0 Å². The molecule has 0 aliphatic carbocycles. The van der Waals surface area contributed by atoms with Gasteiger partial charge in [0, 0.05) is 35.0 Å². The first-order valence-corrected chi connectivity index (χ1v) is 13.0. The molecule has 0 spiro atoms. The van der Waals surface area contributed by atoms with Crippen molar-refractivity contribution in [2.45, 2.75) is 18.0 Å². The Kier molecular flexibility index (Phi) is 7.14. The first kappa shape index (κ1) is 26.7. The highest BCUT2D eigenvalue weighted by molar-refractivity contribution is 7.90. The summed E-state index contributed by atoms with van der Waals surface area (Å²) in [5.41, 5.74) is 1.16. The van der Waals surface area contributed by atoms with Gasteiger partial charge in [0.25, 0.3) is 0 Å². The van der Waals surface area contributed by atoms with Gasteiger partial charge < -0.3 is 9.32 Å². The Bertz CT molecular complexity index is 1690. The smallest absolute Gasteiger partial charge is 0.388 e. The van der Waals surface area contributed by atoms with Gasteiger partial charge in [0.05, 0.1) is 10.5 Å². The van der Waals surface area contributed by atoms with E-state index in [9.17, 15) is 26.4 Å². The highest BCUT2D eigenvalue weighted by atomic mass is 32.2. The summed E-state index contributed by atoms with van der Waals surface area (Å²) in [5, 5.41) is 5.92. The Labute approximate surface area is 216 Å². The van der Waals surface area contributed by atoms with Crippen molar-refractivity contribution in [3.8, 4) is 11.1 Å². The maximum Gasteiger partial charge on any atom is 0.434 e. The van der Waals surface area contributed by atoms with Crippen LogP contribution >= 0.6 is 0 Å². The van der Waals surface area contributed by atoms with Crippen LogP contribution in [0.15, 0.2) is 99.7 Å². The van der Waals surface area contributed by atoms with Crippen molar-refractivity contribution in [2.75, 3.05) is 11.2 Å². The summed E-state index contributed by atoms with van der Waals surface area (Å²) in [5.74, 6) is -0.813. The number of sulfone groups is 1. The van der Waals surface area contributed by atoms with Gasteiger partial charge in [0.2, 0.25) is 5.89 Å². The van der Waals surface area contributed by atoms with Crippen LogP contribution in [0.4, 0.5) is 18.9 Å². The molecule has 1 heterocycles. The summed E-state index contributed by atoms with van der Waals surface area (Å²) in [4.78, 5) is 13.0. The zero-order chi connectivity index (χ0) is 27.7. The predicted molar refractivity (Wildman–Crippen MR) is 139 cm³/mol.